The Hall–Kier alpha value is -4.92. The standard InChI is InChI=1S/C28H24F2N4O3/c29-23-10-4-6-12-25(23)32-27(35)31-18-19-34(28(36)33-26-13-7-5-11-24(26)30)20-14-16-22(17-15-20)37-21-8-2-1-3-9-21/h1-17H,18-19H2,(H,33,36)(H2,31,32,35). The van der Waals surface area contributed by atoms with Gasteiger partial charge >= 0.3 is 12.1 Å². The fourth-order valence-electron chi connectivity index (χ4n) is 3.42. The van der Waals surface area contributed by atoms with Gasteiger partial charge in [0, 0.05) is 18.8 Å². The Bertz CT molecular complexity index is 1350. The maximum absolute atomic E-state index is 14.1. The highest BCUT2D eigenvalue weighted by Gasteiger charge is 2.18. The molecule has 4 amide bonds. The van der Waals surface area contributed by atoms with Gasteiger partial charge in [-0.1, -0.05) is 42.5 Å². The van der Waals surface area contributed by atoms with E-state index in [1.54, 1.807) is 36.4 Å². The van der Waals surface area contributed by atoms with E-state index < -0.39 is 23.7 Å². The van der Waals surface area contributed by atoms with Crippen LogP contribution in [0.3, 0.4) is 0 Å². The van der Waals surface area contributed by atoms with Crippen LogP contribution in [0.25, 0.3) is 0 Å². The summed E-state index contributed by atoms with van der Waals surface area (Å²) in [5.41, 5.74) is 0.542. The number of ether oxygens (including phenoxy) is 1. The zero-order valence-electron chi connectivity index (χ0n) is 19.7. The average Bonchev–Trinajstić information content (AvgIpc) is 2.90. The molecule has 0 bridgehead atoms. The first kappa shape index (κ1) is 25.2. The summed E-state index contributed by atoms with van der Waals surface area (Å²) in [6.07, 6.45) is 0. The van der Waals surface area contributed by atoms with Crippen LogP contribution >= 0.6 is 0 Å². The molecule has 0 radical (unpaired) electrons. The van der Waals surface area contributed by atoms with Gasteiger partial charge in [0.05, 0.1) is 11.4 Å². The van der Waals surface area contributed by atoms with Gasteiger partial charge in [0.2, 0.25) is 0 Å². The summed E-state index contributed by atoms with van der Waals surface area (Å²) in [6.45, 7) is 0.0805. The second-order valence-corrected chi connectivity index (χ2v) is 7.83. The molecule has 188 valence electrons. The third kappa shape index (κ3) is 7.04. The maximum atomic E-state index is 14.1. The molecule has 3 N–H and O–H groups in total. The number of hydrogen-bond donors (Lipinski definition) is 3. The normalized spacial score (nSPS) is 10.3. The first-order valence-corrected chi connectivity index (χ1v) is 11.4. The molecule has 7 nitrogen and oxygen atoms in total. The highest BCUT2D eigenvalue weighted by molar-refractivity contribution is 6.02. The smallest absolute Gasteiger partial charge is 0.326 e. The van der Waals surface area contributed by atoms with Gasteiger partial charge in [0.15, 0.2) is 0 Å². The highest BCUT2D eigenvalue weighted by atomic mass is 19.1. The molecule has 4 aromatic carbocycles. The van der Waals surface area contributed by atoms with E-state index in [0.717, 1.165) is 0 Å². The van der Waals surface area contributed by atoms with E-state index in [2.05, 4.69) is 16.0 Å². The van der Waals surface area contributed by atoms with Gasteiger partial charge in [0.1, 0.15) is 23.1 Å². The molecule has 4 aromatic rings. The number of hydrogen-bond acceptors (Lipinski definition) is 3. The van der Waals surface area contributed by atoms with Gasteiger partial charge in [-0.15, -0.1) is 0 Å². The molecule has 0 fully saturated rings. The van der Waals surface area contributed by atoms with E-state index in [1.807, 2.05) is 30.3 Å². The highest BCUT2D eigenvalue weighted by Crippen LogP contribution is 2.25. The minimum absolute atomic E-state index is 0.0202. The van der Waals surface area contributed by atoms with E-state index in [9.17, 15) is 18.4 Å². The van der Waals surface area contributed by atoms with Crippen molar-refractivity contribution in [3.63, 3.8) is 0 Å². The van der Waals surface area contributed by atoms with E-state index in [4.69, 9.17) is 4.74 Å². The number of rotatable bonds is 8. The molecular weight excluding hydrogens is 478 g/mol. The molecule has 0 atom stereocenters. The second-order valence-electron chi connectivity index (χ2n) is 7.83. The summed E-state index contributed by atoms with van der Waals surface area (Å²) < 4.78 is 33.7. The van der Waals surface area contributed by atoms with Crippen LogP contribution in [-0.2, 0) is 0 Å². The van der Waals surface area contributed by atoms with Crippen molar-refractivity contribution in [3.8, 4) is 11.5 Å². The third-order valence-electron chi connectivity index (χ3n) is 5.23. The predicted molar refractivity (Wildman–Crippen MR) is 139 cm³/mol. The van der Waals surface area contributed by atoms with Crippen molar-refractivity contribution in [3.05, 3.63) is 115 Å². The maximum Gasteiger partial charge on any atom is 0.326 e. The molecule has 0 aliphatic heterocycles. The van der Waals surface area contributed by atoms with Crippen LogP contribution in [0, 0.1) is 11.6 Å². The lowest BCUT2D eigenvalue weighted by atomic mass is 10.2. The van der Waals surface area contributed by atoms with Gasteiger partial charge in [-0.3, -0.25) is 4.90 Å². The van der Waals surface area contributed by atoms with E-state index in [0.29, 0.717) is 17.2 Å². The summed E-state index contributed by atoms with van der Waals surface area (Å²) in [4.78, 5) is 26.7. The van der Waals surface area contributed by atoms with Crippen molar-refractivity contribution in [2.75, 3.05) is 28.6 Å². The molecule has 37 heavy (non-hydrogen) atoms. The number of carbonyl (C=O) groups is 2. The summed E-state index contributed by atoms with van der Waals surface area (Å²) in [5.74, 6) is 0.0763. The monoisotopic (exact) mass is 502 g/mol. The van der Waals surface area contributed by atoms with E-state index in [-0.39, 0.29) is 24.5 Å². The number of benzene rings is 4. The van der Waals surface area contributed by atoms with Crippen LogP contribution in [0.15, 0.2) is 103 Å². The lowest BCUT2D eigenvalue weighted by Crippen LogP contribution is -2.42. The van der Waals surface area contributed by atoms with Crippen LogP contribution in [-0.4, -0.2) is 25.2 Å². The summed E-state index contributed by atoms with van der Waals surface area (Å²) in [6, 6.07) is 26.3. The van der Waals surface area contributed by atoms with Crippen LogP contribution in [0.5, 0.6) is 11.5 Å². The van der Waals surface area contributed by atoms with Crippen LogP contribution in [0.1, 0.15) is 0 Å². The lowest BCUT2D eigenvalue weighted by molar-refractivity contribution is 0.250. The largest absolute Gasteiger partial charge is 0.457 e. The minimum Gasteiger partial charge on any atom is -0.457 e. The number of nitrogens with one attached hydrogen (secondary N) is 3. The van der Waals surface area contributed by atoms with Gasteiger partial charge < -0.3 is 20.7 Å². The molecule has 0 unspecified atom stereocenters. The Morgan fingerprint density at radius 1 is 0.676 bits per heavy atom. The zero-order valence-corrected chi connectivity index (χ0v) is 19.7. The first-order chi connectivity index (χ1) is 18.0. The molecule has 0 spiro atoms. The molecule has 0 aliphatic carbocycles. The van der Waals surface area contributed by atoms with Gasteiger partial charge in [-0.25, -0.2) is 18.4 Å². The van der Waals surface area contributed by atoms with Crippen molar-refractivity contribution in [2.45, 2.75) is 0 Å². The van der Waals surface area contributed by atoms with E-state index in [1.165, 1.54) is 41.3 Å². The Kier molecular flexibility index (Phi) is 8.28. The van der Waals surface area contributed by atoms with Gasteiger partial charge in [-0.05, 0) is 60.7 Å². The predicted octanol–water partition coefficient (Wildman–Crippen LogP) is 6.62. The van der Waals surface area contributed by atoms with Crippen molar-refractivity contribution < 1.29 is 23.1 Å². The van der Waals surface area contributed by atoms with Gasteiger partial charge in [-0.2, -0.15) is 0 Å². The van der Waals surface area contributed by atoms with Crippen molar-refractivity contribution in [1.82, 2.24) is 5.32 Å². The molecule has 9 heteroatoms. The fraction of sp³-hybridized carbons (Fsp3) is 0.0714. The number of urea groups is 2. The summed E-state index contributed by atoms with van der Waals surface area (Å²) in [5, 5.41) is 7.57. The summed E-state index contributed by atoms with van der Waals surface area (Å²) >= 11 is 0. The molecular formula is C28H24F2N4O3. The minimum atomic E-state index is -0.633. The topological polar surface area (TPSA) is 82.7 Å². The van der Waals surface area contributed by atoms with Crippen LogP contribution in [0.2, 0.25) is 0 Å². The number of nitrogens with zero attached hydrogens (tertiary/aromatic N) is 1. The number of carbonyl (C=O) groups excluding carboxylic acids is 2. The zero-order chi connectivity index (χ0) is 26.0. The van der Waals surface area contributed by atoms with Crippen molar-refractivity contribution >= 4 is 29.1 Å². The van der Waals surface area contributed by atoms with Crippen molar-refractivity contribution in [2.24, 2.45) is 0 Å². The number of para-hydroxylation sites is 3. The molecule has 0 saturated heterocycles. The summed E-state index contributed by atoms with van der Waals surface area (Å²) in [7, 11) is 0. The molecule has 0 aliphatic rings. The molecule has 0 heterocycles. The number of amides is 4. The lowest BCUT2D eigenvalue weighted by Gasteiger charge is -2.24. The molecule has 0 aromatic heterocycles. The van der Waals surface area contributed by atoms with Crippen molar-refractivity contribution in [1.29, 1.82) is 0 Å². The quantitative estimate of drug-likeness (QED) is 0.253. The van der Waals surface area contributed by atoms with Crippen LogP contribution in [0.4, 0.5) is 35.4 Å². The second kappa shape index (κ2) is 12.2. The average molecular weight is 503 g/mol. The Morgan fingerprint density at radius 3 is 1.84 bits per heavy atom. The Labute approximate surface area is 212 Å². The molecule has 4 rings (SSSR count). The van der Waals surface area contributed by atoms with Crippen LogP contribution < -0.4 is 25.6 Å². The van der Waals surface area contributed by atoms with Gasteiger partial charge in [0.25, 0.3) is 0 Å². The molecule has 0 saturated carbocycles. The third-order valence-corrected chi connectivity index (χ3v) is 5.23. The number of halogens is 2. The number of anilines is 3. The fourth-order valence-corrected chi connectivity index (χ4v) is 3.42. The van der Waals surface area contributed by atoms with E-state index >= 15 is 0 Å². The first-order valence-electron chi connectivity index (χ1n) is 11.4. The Morgan fingerprint density at radius 2 is 1.22 bits per heavy atom. The SMILES string of the molecule is O=C(NCCN(C(=O)Nc1ccccc1F)c1ccc(Oc2ccccc2)cc1)Nc1ccccc1F. The Balaban J connectivity index is 1.45.